The number of hydrogen-bond donors (Lipinski definition) is 0. The molecule has 0 fully saturated rings. The van der Waals surface area contributed by atoms with Gasteiger partial charge in [-0.1, -0.05) is 19.4 Å². The molecule has 20 heavy (non-hydrogen) atoms. The number of pyridine rings is 1. The number of aromatic nitrogens is 1. The minimum Gasteiger partial charge on any atom is -0.494 e. The molecule has 0 bridgehead atoms. The Bertz CT molecular complexity index is 582. The highest BCUT2D eigenvalue weighted by atomic mass is 19.2. The zero-order chi connectivity index (χ0) is 14.5. The summed E-state index contributed by atoms with van der Waals surface area (Å²) in [6.07, 6.45) is 4.86. The molecule has 1 heterocycles. The van der Waals surface area contributed by atoms with E-state index in [4.69, 9.17) is 4.74 Å². The molecule has 0 aliphatic carbocycles. The van der Waals surface area contributed by atoms with Gasteiger partial charge in [-0.05, 0) is 36.6 Å². The van der Waals surface area contributed by atoms with E-state index in [1.54, 1.807) is 12.3 Å². The van der Waals surface area contributed by atoms with E-state index < -0.39 is 11.6 Å². The highest BCUT2D eigenvalue weighted by Crippen LogP contribution is 2.28. The standard InChI is InChI=1S/C16H17F2NO/c1-3-4-5-11-6-8-13(19-10-11)12-7-9-14(20-2)16(18)15(12)17/h6-10H,3-5H2,1-2H3. The van der Waals surface area contributed by atoms with Crippen molar-refractivity contribution in [2.24, 2.45) is 0 Å². The van der Waals surface area contributed by atoms with Gasteiger partial charge in [-0.15, -0.1) is 0 Å². The van der Waals surface area contributed by atoms with Crippen molar-refractivity contribution in [1.29, 1.82) is 0 Å². The average molecular weight is 277 g/mol. The molecule has 2 aromatic rings. The zero-order valence-electron chi connectivity index (χ0n) is 11.6. The molecule has 2 nitrogen and oxygen atoms in total. The Kier molecular flexibility index (Phi) is 4.66. The van der Waals surface area contributed by atoms with Gasteiger partial charge in [-0.25, -0.2) is 4.39 Å². The number of ether oxygens (including phenoxy) is 1. The third-order valence-corrected chi connectivity index (χ3v) is 3.19. The highest BCUT2D eigenvalue weighted by Gasteiger charge is 2.15. The van der Waals surface area contributed by atoms with Gasteiger partial charge in [0.25, 0.3) is 0 Å². The second-order valence-corrected chi connectivity index (χ2v) is 4.60. The van der Waals surface area contributed by atoms with Crippen LogP contribution in [-0.4, -0.2) is 12.1 Å². The molecule has 0 unspecified atom stereocenters. The van der Waals surface area contributed by atoms with Crippen molar-refractivity contribution in [3.05, 3.63) is 47.7 Å². The summed E-state index contributed by atoms with van der Waals surface area (Å²) in [6, 6.07) is 6.50. The lowest BCUT2D eigenvalue weighted by atomic mass is 10.1. The van der Waals surface area contributed by atoms with Gasteiger partial charge in [0, 0.05) is 11.8 Å². The summed E-state index contributed by atoms with van der Waals surface area (Å²) < 4.78 is 32.4. The molecule has 2 rings (SSSR count). The Labute approximate surface area is 117 Å². The molecule has 0 saturated carbocycles. The van der Waals surface area contributed by atoms with Crippen LogP contribution in [0.2, 0.25) is 0 Å². The van der Waals surface area contributed by atoms with Crippen molar-refractivity contribution < 1.29 is 13.5 Å². The molecule has 0 N–H and O–H groups in total. The molecule has 0 radical (unpaired) electrons. The van der Waals surface area contributed by atoms with E-state index in [2.05, 4.69) is 11.9 Å². The largest absolute Gasteiger partial charge is 0.494 e. The summed E-state index contributed by atoms with van der Waals surface area (Å²) in [7, 11) is 1.30. The van der Waals surface area contributed by atoms with Gasteiger partial charge >= 0.3 is 0 Å². The normalized spacial score (nSPS) is 10.6. The van der Waals surface area contributed by atoms with Crippen molar-refractivity contribution in [2.45, 2.75) is 26.2 Å². The molecule has 1 aromatic carbocycles. The van der Waals surface area contributed by atoms with Crippen LogP contribution in [0.3, 0.4) is 0 Å². The zero-order valence-corrected chi connectivity index (χ0v) is 11.6. The number of benzene rings is 1. The predicted molar refractivity (Wildman–Crippen MR) is 74.8 cm³/mol. The molecule has 0 spiro atoms. The van der Waals surface area contributed by atoms with Crippen LogP contribution < -0.4 is 4.74 Å². The number of halogens is 2. The lowest BCUT2D eigenvalue weighted by Crippen LogP contribution is -1.96. The fourth-order valence-electron chi connectivity index (χ4n) is 2.00. The Morgan fingerprint density at radius 1 is 1.10 bits per heavy atom. The summed E-state index contributed by atoms with van der Waals surface area (Å²) in [4.78, 5) is 4.21. The van der Waals surface area contributed by atoms with Gasteiger partial charge in [-0.3, -0.25) is 4.98 Å². The quantitative estimate of drug-likeness (QED) is 0.809. The van der Waals surface area contributed by atoms with Gasteiger partial charge in [0.2, 0.25) is 5.82 Å². The number of unbranched alkanes of at least 4 members (excludes halogenated alkanes) is 1. The summed E-state index contributed by atoms with van der Waals surface area (Å²) in [5.41, 5.74) is 1.67. The molecular weight excluding hydrogens is 260 g/mol. The molecule has 106 valence electrons. The molecule has 0 aliphatic rings. The second-order valence-electron chi connectivity index (χ2n) is 4.60. The highest BCUT2D eigenvalue weighted by molar-refractivity contribution is 5.61. The van der Waals surface area contributed by atoms with Gasteiger partial charge in [0.05, 0.1) is 12.8 Å². The topological polar surface area (TPSA) is 22.1 Å². The van der Waals surface area contributed by atoms with E-state index in [1.807, 2.05) is 6.07 Å². The molecule has 0 atom stereocenters. The number of methoxy groups -OCH3 is 1. The number of aryl methyl sites for hydroxylation is 1. The first-order valence-electron chi connectivity index (χ1n) is 6.64. The Hall–Kier alpha value is -1.97. The van der Waals surface area contributed by atoms with E-state index in [9.17, 15) is 8.78 Å². The molecule has 1 aromatic heterocycles. The maximum Gasteiger partial charge on any atom is 0.201 e. The molecule has 4 heteroatoms. The van der Waals surface area contributed by atoms with Crippen LogP contribution in [0.1, 0.15) is 25.3 Å². The fraction of sp³-hybridized carbons (Fsp3) is 0.312. The lowest BCUT2D eigenvalue weighted by molar-refractivity contribution is 0.372. The van der Waals surface area contributed by atoms with Crippen LogP contribution in [-0.2, 0) is 6.42 Å². The van der Waals surface area contributed by atoms with Gasteiger partial charge in [0.1, 0.15) is 0 Å². The maximum absolute atomic E-state index is 13.9. The molecule has 0 amide bonds. The van der Waals surface area contributed by atoms with E-state index in [0.717, 1.165) is 24.8 Å². The van der Waals surface area contributed by atoms with Crippen molar-refractivity contribution in [1.82, 2.24) is 4.98 Å². The summed E-state index contributed by atoms with van der Waals surface area (Å²) >= 11 is 0. The summed E-state index contributed by atoms with van der Waals surface area (Å²) in [5, 5.41) is 0. The van der Waals surface area contributed by atoms with Gasteiger partial charge < -0.3 is 4.74 Å². The summed E-state index contributed by atoms with van der Waals surface area (Å²) in [5.74, 6) is -2.02. The third-order valence-electron chi connectivity index (χ3n) is 3.19. The first-order chi connectivity index (χ1) is 9.67. The summed E-state index contributed by atoms with van der Waals surface area (Å²) in [6.45, 7) is 2.12. The van der Waals surface area contributed by atoms with Crippen molar-refractivity contribution in [2.75, 3.05) is 7.11 Å². The monoisotopic (exact) mass is 277 g/mol. The van der Waals surface area contributed by atoms with E-state index in [-0.39, 0.29) is 11.3 Å². The lowest BCUT2D eigenvalue weighted by Gasteiger charge is -2.08. The Balaban J connectivity index is 2.30. The van der Waals surface area contributed by atoms with Crippen LogP contribution in [0.5, 0.6) is 5.75 Å². The minimum absolute atomic E-state index is 0.106. The number of hydrogen-bond acceptors (Lipinski definition) is 2. The van der Waals surface area contributed by atoms with E-state index >= 15 is 0 Å². The van der Waals surface area contributed by atoms with Crippen molar-refractivity contribution in [3.8, 4) is 17.0 Å². The minimum atomic E-state index is -0.984. The first kappa shape index (κ1) is 14.4. The van der Waals surface area contributed by atoms with Crippen LogP contribution in [0.4, 0.5) is 8.78 Å². The maximum atomic E-state index is 13.9. The fourth-order valence-corrected chi connectivity index (χ4v) is 2.00. The SMILES string of the molecule is CCCCc1ccc(-c2ccc(OC)c(F)c2F)nc1. The smallest absolute Gasteiger partial charge is 0.201 e. The predicted octanol–water partition coefficient (Wildman–Crippen LogP) is 4.38. The van der Waals surface area contributed by atoms with Crippen molar-refractivity contribution in [3.63, 3.8) is 0 Å². The van der Waals surface area contributed by atoms with Crippen molar-refractivity contribution >= 4 is 0 Å². The third kappa shape index (κ3) is 2.95. The Morgan fingerprint density at radius 3 is 2.50 bits per heavy atom. The van der Waals surface area contributed by atoms with Crippen LogP contribution in [0.15, 0.2) is 30.5 Å². The van der Waals surface area contributed by atoms with Gasteiger partial charge in [-0.2, -0.15) is 4.39 Å². The number of rotatable bonds is 5. The molecular formula is C16H17F2NO. The molecule has 0 saturated heterocycles. The Morgan fingerprint density at radius 2 is 1.90 bits per heavy atom. The first-order valence-corrected chi connectivity index (χ1v) is 6.64. The number of nitrogens with zero attached hydrogens (tertiary/aromatic N) is 1. The second kappa shape index (κ2) is 6.46. The van der Waals surface area contributed by atoms with E-state index in [1.165, 1.54) is 19.2 Å². The van der Waals surface area contributed by atoms with E-state index in [0.29, 0.717) is 5.69 Å². The average Bonchev–Trinajstić information content (AvgIpc) is 2.48. The van der Waals surface area contributed by atoms with Crippen LogP contribution in [0, 0.1) is 11.6 Å². The van der Waals surface area contributed by atoms with Crippen LogP contribution >= 0.6 is 0 Å². The molecule has 0 aliphatic heterocycles. The van der Waals surface area contributed by atoms with Gasteiger partial charge in [0.15, 0.2) is 11.6 Å². The van der Waals surface area contributed by atoms with Crippen LogP contribution in [0.25, 0.3) is 11.3 Å².